The van der Waals surface area contributed by atoms with Crippen LogP contribution in [0.2, 0.25) is 0 Å². The minimum Gasteiger partial charge on any atom is -0.332 e. The van der Waals surface area contributed by atoms with Crippen molar-refractivity contribution in [2.75, 3.05) is 6.54 Å². The summed E-state index contributed by atoms with van der Waals surface area (Å²) >= 11 is 0. The highest BCUT2D eigenvalue weighted by molar-refractivity contribution is 5.87. The third kappa shape index (κ3) is 2.31. The summed E-state index contributed by atoms with van der Waals surface area (Å²) in [6, 6.07) is 10.4. The Morgan fingerprint density at radius 1 is 1.41 bits per heavy atom. The van der Waals surface area contributed by atoms with Crippen molar-refractivity contribution < 1.29 is 4.79 Å². The van der Waals surface area contributed by atoms with Gasteiger partial charge in [0.2, 0.25) is 5.91 Å². The van der Waals surface area contributed by atoms with E-state index in [1.165, 1.54) is 11.1 Å². The molecular formula is C15H17NO. The van der Waals surface area contributed by atoms with Crippen LogP contribution >= 0.6 is 0 Å². The normalized spacial score (nSPS) is 20.1. The standard InChI is InChI=1S/C15H17NO/c1-3-11-16-12(2)14(9-10-15(16)17)13-7-5-4-6-8-13/h3-9,12H,1,10-11H2,2H3. The third-order valence-electron chi connectivity index (χ3n) is 3.17. The van der Waals surface area contributed by atoms with Gasteiger partial charge in [-0.05, 0) is 18.1 Å². The molecule has 1 atom stereocenters. The molecule has 17 heavy (non-hydrogen) atoms. The van der Waals surface area contributed by atoms with Crippen molar-refractivity contribution >= 4 is 11.5 Å². The summed E-state index contributed by atoms with van der Waals surface area (Å²) in [6.07, 6.45) is 4.31. The molecule has 0 saturated heterocycles. The van der Waals surface area contributed by atoms with Gasteiger partial charge in [0.15, 0.2) is 0 Å². The smallest absolute Gasteiger partial charge is 0.227 e. The number of nitrogens with zero attached hydrogens (tertiary/aromatic N) is 1. The van der Waals surface area contributed by atoms with E-state index in [1.54, 1.807) is 6.08 Å². The largest absolute Gasteiger partial charge is 0.332 e. The van der Waals surface area contributed by atoms with E-state index in [1.807, 2.05) is 29.2 Å². The summed E-state index contributed by atoms with van der Waals surface area (Å²) in [6.45, 7) is 6.39. The van der Waals surface area contributed by atoms with Gasteiger partial charge in [-0.2, -0.15) is 0 Å². The topological polar surface area (TPSA) is 20.3 Å². The zero-order valence-electron chi connectivity index (χ0n) is 10.1. The number of benzene rings is 1. The van der Waals surface area contributed by atoms with E-state index in [-0.39, 0.29) is 11.9 Å². The van der Waals surface area contributed by atoms with Gasteiger partial charge in [-0.3, -0.25) is 4.79 Å². The van der Waals surface area contributed by atoms with Crippen LogP contribution in [-0.4, -0.2) is 23.4 Å². The van der Waals surface area contributed by atoms with Gasteiger partial charge in [0, 0.05) is 13.0 Å². The summed E-state index contributed by atoms with van der Waals surface area (Å²) in [4.78, 5) is 13.7. The van der Waals surface area contributed by atoms with Gasteiger partial charge in [-0.15, -0.1) is 6.58 Å². The maximum absolute atomic E-state index is 11.8. The molecule has 2 heteroatoms. The second-order valence-corrected chi connectivity index (χ2v) is 4.24. The Kier molecular flexibility index (Phi) is 3.43. The molecule has 0 fully saturated rings. The molecule has 88 valence electrons. The Balaban J connectivity index is 2.30. The highest BCUT2D eigenvalue weighted by atomic mass is 16.2. The van der Waals surface area contributed by atoms with Crippen molar-refractivity contribution in [1.82, 2.24) is 4.90 Å². The first-order chi connectivity index (χ1) is 8.24. The maximum Gasteiger partial charge on any atom is 0.227 e. The van der Waals surface area contributed by atoms with Gasteiger partial charge in [-0.25, -0.2) is 0 Å². The summed E-state index contributed by atoms with van der Waals surface area (Å²) in [5.41, 5.74) is 2.42. The van der Waals surface area contributed by atoms with E-state index in [0.717, 1.165) is 0 Å². The van der Waals surface area contributed by atoms with Gasteiger partial charge in [0.1, 0.15) is 0 Å². The Bertz CT molecular complexity index is 447. The molecule has 2 rings (SSSR count). The minimum absolute atomic E-state index is 0.122. The Morgan fingerprint density at radius 2 is 2.12 bits per heavy atom. The predicted molar refractivity (Wildman–Crippen MR) is 70.4 cm³/mol. The monoisotopic (exact) mass is 227 g/mol. The minimum atomic E-state index is 0.122. The van der Waals surface area contributed by atoms with Crippen LogP contribution in [0.25, 0.3) is 5.57 Å². The highest BCUT2D eigenvalue weighted by Crippen LogP contribution is 2.27. The molecule has 0 saturated carbocycles. The molecule has 1 unspecified atom stereocenters. The van der Waals surface area contributed by atoms with Crippen LogP contribution in [0.4, 0.5) is 0 Å². The lowest BCUT2D eigenvalue weighted by Gasteiger charge is -2.33. The number of carbonyl (C=O) groups is 1. The number of amides is 1. The van der Waals surface area contributed by atoms with Crippen molar-refractivity contribution in [3.8, 4) is 0 Å². The van der Waals surface area contributed by atoms with Crippen LogP contribution in [0.1, 0.15) is 18.9 Å². The van der Waals surface area contributed by atoms with Gasteiger partial charge < -0.3 is 4.90 Å². The zero-order valence-corrected chi connectivity index (χ0v) is 10.1. The molecule has 1 aromatic rings. The lowest BCUT2D eigenvalue weighted by Crippen LogP contribution is -2.41. The molecule has 0 bridgehead atoms. The third-order valence-corrected chi connectivity index (χ3v) is 3.17. The SMILES string of the molecule is C=CCN1C(=O)CC=C(c2ccccc2)C1C. The quantitative estimate of drug-likeness (QED) is 0.727. The van der Waals surface area contributed by atoms with E-state index in [0.29, 0.717) is 13.0 Å². The van der Waals surface area contributed by atoms with Crippen LogP contribution in [0, 0.1) is 0 Å². The van der Waals surface area contributed by atoms with Crippen LogP contribution in [0.5, 0.6) is 0 Å². The fourth-order valence-electron chi connectivity index (χ4n) is 2.26. The number of rotatable bonds is 3. The fraction of sp³-hybridized carbons (Fsp3) is 0.267. The van der Waals surface area contributed by atoms with Crippen LogP contribution in [-0.2, 0) is 4.79 Å². The number of carbonyl (C=O) groups excluding carboxylic acids is 1. The number of hydrogen-bond donors (Lipinski definition) is 0. The first kappa shape index (κ1) is 11.6. The molecule has 1 aromatic carbocycles. The van der Waals surface area contributed by atoms with Crippen LogP contribution < -0.4 is 0 Å². The molecular weight excluding hydrogens is 210 g/mol. The van der Waals surface area contributed by atoms with Crippen molar-refractivity contribution in [2.24, 2.45) is 0 Å². The van der Waals surface area contributed by atoms with Crippen LogP contribution in [0.3, 0.4) is 0 Å². The summed E-state index contributed by atoms with van der Waals surface area (Å²) in [5, 5.41) is 0. The van der Waals surface area contributed by atoms with Gasteiger partial charge in [0.25, 0.3) is 0 Å². The molecule has 2 nitrogen and oxygen atoms in total. The zero-order chi connectivity index (χ0) is 12.3. The van der Waals surface area contributed by atoms with Crippen molar-refractivity contribution in [2.45, 2.75) is 19.4 Å². The summed E-state index contributed by atoms with van der Waals surface area (Å²) < 4.78 is 0. The lowest BCUT2D eigenvalue weighted by molar-refractivity contribution is -0.131. The molecule has 1 aliphatic heterocycles. The van der Waals surface area contributed by atoms with Gasteiger partial charge in [-0.1, -0.05) is 42.5 Å². The summed E-state index contributed by atoms with van der Waals surface area (Å²) in [5.74, 6) is 0.178. The van der Waals surface area contributed by atoms with E-state index < -0.39 is 0 Å². The fourth-order valence-corrected chi connectivity index (χ4v) is 2.26. The molecule has 1 amide bonds. The second-order valence-electron chi connectivity index (χ2n) is 4.24. The van der Waals surface area contributed by atoms with E-state index >= 15 is 0 Å². The van der Waals surface area contributed by atoms with Crippen LogP contribution in [0.15, 0.2) is 49.1 Å². The maximum atomic E-state index is 11.8. The average Bonchev–Trinajstić information content (AvgIpc) is 2.36. The first-order valence-corrected chi connectivity index (χ1v) is 5.90. The lowest BCUT2D eigenvalue weighted by atomic mass is 9.94. The molecule has 1 aliphatic rings. The molecule has 0 spiro atoms. The average molecular weight is 227 g/mol. The van der Waals surface area contributed by atoms with E-state index in [9.17, 15) is 4.79 Å². The molecule has 0 aliphatic carbocycles. The Labute approximate surface area is 102 Å². The van der Waals surface area contributed by atoms with Gasteiger partial charge in [0.05, 0.1) is 6.04 Å². The van der Waals surface area contributed by atoms with E-state index in [4.69, 9.17) is 0 Å². The molecule has 0 aromatic heterocycles. The van der Waals surface area contributed by atoms with Crippen molar-refractivity contribution in [1.29, 1.82) is 0 Å². The Hall–Kier alpha value is -1.83. The van der Waals surface area contributed by atoms with E-state index in [2.05, 4.69) is 25.6 Å². The molecule has 0 radical (unpaired) electrons. The molecule has 1 heterocycles. The summed E-state index contributed by atoms with van der Waals surface area (Å²) in [7, 11) is 0. The highest BCUT2D eigenvalue weighted by Gasteiger charge is 2.26. The van der Waals surface area contributed by atoms with Crippen molar-refractivity contribution in [3.63, 3.8) is 0 Å². The second kappa shape index (κ2) is 5.00. The number of hydrogen-bond acceptors (Lipinski definition) is 1. The Morgan fingerprint density at radius 3 is 2.76 bits per heavy atom. The van der Waals surface area contributed by atoms with Crippen molar-refractivity contribution in [3.05, 3.63) is 54.6 Å². The van der Waals surface area contributed by atoms with Gasteiger partial charge >= 0.3 is 0 Å². The first-order valence-electron chi connectivity index (χ1n) is 5.90. The predicted octanol–water partition coefficient (Wildman–Crippen LogP) is 2.88. The molecule has 0 N–H and O–H groups in total.